The van der Waals surface area contributed by atoms with Gasteiger partial charge >= 0.3 is 198 Å². The third kappa shape index (κ3) is 0.356. The van der Waals surface area contributed by atoms with Crippen LogP contribution in [-0.2, 0) is 6.51 Å². The summed E-state index contributed by atoms with van der Waals surface area (Å²) < 4.78 is 2.54. The molecular formula is C30H37FeNP2. The van der Waals surface area contributed by atoms with Gasteiger partial charge in [0.25, 0.3) is 0 Å². The summed E-state index contributed by atoms with van der Waals surface area (Å²) in [6, 6.07) is 25.1. The van der Waals surface area contributed by atoms with Crippen LogP contribution in [0, 0.1) is 0 Å². The molecule has 12 rings (SSSR count). The first-order valence-electron chi connectivity index (χ1n) is 13.8. The second-order valence-electron chi connectivity index (χ2n) is 15.6. The van der Waals surface area contributed by atoms with Crippen molar-refractivity contribution >= 4 is 26.5 Å². The average molecular weight is 529 g/mol. The van der Waals surface area contributed by atoms with Gasteiger partial charge in [-0.2, -0.15) is 0 Å². The second-order valence-corrected chi connectivity index (χ2v) is 44.8. The van der Waals surface area contributed by atoms with E-state index in [4.69, 9.17) is 0 Å². The van der Waals surface area contributed by atoms with Gasteiger partial charge in [-0.15, -0.1) is 0 Å². The van der Waals surface area contributed by atoms with Crippen molar-refractivity contribution in [1.29, 1.82) is 0 Å². The van der Waals surface area contributed by atoms with Crippen molar-refractivity contribution < 1.29 is 6.51 Å². The first kappa shape index (κ1) is 18.1. The average Bonchev–Trinajstić information content (AvgIpc) is 3.82. The van der Waals surface area contributed by atoms with E-state index < -0.39 is 6.51 Å². The summed E-state index contributed by atoms with van der Waals surface area (Å²) in [6.45, 7) is 4.12. The summed E-state index contributed by atoms with van der Waals surface area (Å²) in [7, 11) is 4.81. The monoisotopic (exact) mass is 529 g/mol. The van der Waals surface area contributed by atoms with E-state index in [9.17, 15) is 0 Å². The Kier molecular flexibility index (Phi) is 1.36. The number of fused-ring (bicyclic) bond motifs is 10. The molecule has 0 bridgehead atoms. The Balaban J connectivity index is 1.30. The SMILES string of the molecule is CCP(CC)[C]12[CH]3[CH]4[C]5(C(C)N(C)C)[C]1(P(c1ccccc1)c1ccccc1)[Fe]43521678[CH]2[CH]1[CH]6[CH]7[CH]28. The first-order chi connectivity index (χ1) is 16.3. The molecule has 10 aliphatic rings. The van der Waals surface area contributed by atoms with Crippen LogP contribution < -0.4 is 10.6 Å². The van der Waals surface area contributed by atoms with Crippen molar-refractivity contribution in [3.63, 3.8) is 0 Å². The van der Waals surface area contributed by atoms with Crippen LogP contribution in [0.15, 0.2) is 60.7 Å². The van der Waals surface area contributed by atoms with Gasteiger partial charge in [0.1, 0.15) is 0 Å². The molecule has 0 N–H and O–H groups in total. The normalized spacial score (nSPS) is 71.2. The quantitative estimate of drug-likeness (QED) is 0.259. The molecule has 10 fully saturated rings. The molecule has 2 aromatic rings. The van der Waals surface area contributed by atoms with E-state index in [0.717, 1.165) is 18.5 Å². The van der Waals surface area contributed by atoms with Gasteiger partial charge in [0, 0.05) is 0 Å². The number of rotatable bonds is 8. The minimum absolute atomic E-state index is 0.186. The van der Waals surface area contributed by atoms with E-state index in [-0.39, 0.29) is 15.8 Å². The van der Waals surface area contributed by atoms with Gasteiger partial charge in [0.15, 0.2) is 0 Å². The van der Waals surface area contributed by atoms with Crippen LogP contribution in [0.1, 0.15) is 20.8 Å². The molecule has 10 aliphatic heterocycles. The van der Waals surface area contributed by atoms with E-state index >= 15 is 0 Å². The molecular weight excluding hydrogens is 492 g/mol. The fourth-order valence-corrected chi connectivity index (χ4v) is 133. The topological polar surface area (TPSA) is 3.24 Å². The van der Waals surface area contributed by atoms with Gasteiger partial charge in [0.05, 0.1) is 0 Å². The number of benzene rings is 2. The Bertz CT molecular complexity index is 1650. The summed E-state index contributed by atoms with van der Waals surface area (Å²) >= 11 is 0. The van der Waals surface area contributed by atoms with Crippen LogP contribution in [0.3, 0.4) is 0 Å². The molecule has 4 heteroatoms. The van der Waals surface area contributed by atoms with Crippen LogP contribution in [0.25, 0.3) is 0 Å². The summed E-state index contributed by atoms with van der Waals surface area (Å²) in [5.74, 6) is 0. The van der Waals surface area contributed by atoms with E-state index in [1.165, 1.54) is 46.0 Å². The molecule has 0 aliphatic carbocycles. The molecule has 34 heavy (non-hydrogen) atoms. The Morgan fingerprint density at radius 2 is 1.26 bits per heavy atom. The van der Waals surface area contributed by atoms with Crippen LogP contribution in [0.5, 0.6) is 0 Å². The molecule has 2 aromatic carbocycles. The van der Waals surface area contributed by atoms with Crippen LogP contribution in [0.4, 0.5) is 0 Å². The molecule has 0 amide bonds. The van der Waals surface area contributed by atoms with Crippen LogP contribution >= 0.6 is 15.8 Å². The number of hydrogen-bond donors (Lipinski definition) is 0. The van der Waals surface area contributed by atoms with Gasteiger partial charge in [-0.1, -0.05) is 0 Å². The van der Waals surface area contributed by atoms with E-state index in [2.05, 4.69) is 100 Å². The Morgan fingerprint density at radius 1 is 0.794 bits per heavy atom. The third-order valence-electron chi connectivity index (χ3n) is 19.9. The number of hydrogen-bond acceptors (Lipinski definition) is 1. The zero-order valence-corrected chi connectivity index (χ0v) is 23.9. The fraction of sp³-hybridized carbons (Fsp3) is 0.600. The standard InChI is InChI=1S/C25H32NP2.C5H5.Fe/c1-6-27(7-2)24-19-18-23(20(3)26(4)5)25(24)28(21-14-10-8-11-15-21)22-16-12-9-13-17-22;1-2-4-5-3-1;/h8-20H,6-7H2,1-5H3;1-5H;. The maximum atomic E-state index is 2.74. The molecule has 6 atom stereocenters. The van der Waals surface area contributed by atoms with Crippen molar-refractivity contribution in [2.75, 3.05) is 26.4 Å². The minimum atomic E-state index is -3.84. The summed E-state index contributed by atoms with van der Waals surface area (Å²) in [5.41, 5.74) is 0. The summed E-state index contributed by atoms with van der Waals surface area (Å²) in [4.78, 5) is 12.0. The molecule has 1 nitrogen and oxygen atoms in total. The zero-order valence-electron chi connectivity index (χ0n) is 21.0. The molecule has 10 saturated heterocycles. The van der Waals surface area contributed by atoms with Gasteiger partial charge in [-0.25, -0.2) is 0 Å². The molecule has 0 radical (unpaired) electrons. The van der Waals surface area contributed by atoms with E-state index in [1.54, 1.807) is 10.6 Å². The van der Waals surface area contributed by atoms with Crippen LogP contribution in [0.2, 0.25) is 38.0 Å². The predicted molar refractivity (Wildman–Crippen MR) is 145 cm³/mol. The molecule has 0 aromatic heterocycles. The zero-order chi connectivity index (χ0) is 22.8. The van der Waals surface area contributed by atoms with Crippen molar-refractivity contribution in [2.24, 2.45) is 0 Å². The summed E-state index contributed by atoms with van der Waals surface area (Å²) in [6.07, 6.45) is 3.04. The first-order valence-corrected chi connectivity index (χ1v) is 23.0. The fourth-order valence-electron chi connectivity index (χ4n) is 22.3. The molecule has 0 saturated carbocycles. The van der Waals surface area contributed by atoms with Crippen LogP contribution in [-0.4, -0.2) is 45.5 Å². The van der Waals surface area contributed by atoms with E-state index in [0.29, 0.717) is 0 Å². The van der Waals surface area contributed by atoms with Crippen molar-refractivity contribution in [3.8, 4) is 0 Å². The molecule has 6 unspecified atom stereocenters. The van der Waals surface area contributed by atoms with Crippen molar-refractivity contribution in [1.82, 2.24) is 4.90 Å². The molecule has 1 spiro atoms. The number of nitrogens with zero attached hydrogens (tertiary/aromatic N) is 1. The van der Waals surface area contributed by atoms with Crippen molar-refractivity contribution in [3.05, 3.63) is 60.7 Å². The van der Waals surface area contributed by atoms with Gasteiger partial charge in [-0.3, -0.25) is 0 Å². The second kappa shape index (κ2) is 2.56. The third-order valence-corrected chi connectivity index (χ3v) is 78.0. The summed E-state index contributed by atoms with van der Waals surface area (Å²) in [5, 5.41) is 3.51. The predicted octanol–water partition coefficient (Wildman–Crippen LogP) is 7.17. The Labute approximate surface area is 197 Å². The Morgan fingerprint density at radius 3 is 1.65 bits per heavy atom. The maximum absolute atomic E-state index is 3.84. The Hall–Kier alpha value is -0.221. The molecule has 180 valence electrons. The van der Waals surface area contributed by atoms with Gasteiger partial charge in [0.2, 0.25) is 0 Å². The van der Waals surface area contributed by atoms with Gasteiger partial charge < -0.3 is 0 Å². The van der Waals surface area contributed by atoms with Gasteiger partial charge in [-0.05, 0) is 0 Å². The molecule has 10 heterocycles. The van der Waals surface area contributed by atoms with Crippen molar-refractivity contribution in [2.45, 2.75) is 72.9 Å². The van der Waals surface area contributed by atoms with E-state index in [1.807, 2.05) is 0 Å².